The number of hydrogen-bond acceptors (Lipinski definition) is 2. The maximum absolute atomic E-state index is 13.4. The zero-order chi connectivity index (χ0) is 20.3. The standard InChI is InChI=1S/C22H19ClF2N2O/c1-14(2)27(16-6-4-3-5-7-16)17-10-8-15(9-11-17)26-22(28)18-12-20(24)21(25)13-19(18)23/h3-14H,1-2H3,(H,26,28). The third-order valence-electron chi connectivity index (χ3n) is 4.21. The maximum atomic E-state index is 13.4. The molecule has 0 aliphatic rings. The van der Waals surface area contributed by atoms with Crippen LogP contribution in [0, 0.1) is 11.6 Å². The van der Waals surface area contributed by atoms with Crippen molar-refractivity contribution in [1.82, 2.24) is 0 Å². The quantitative estimate of drug-likeness (QED) is 0.501. The molecular weight excluding hydrogens is 382 g/mol. The molecule has 3 aromatic rings. The van der Waals surface area contributed by atoms with Gasteiger partial charge in [0.25, 0.3) is 5.91 Å². The second-order valence-corrected chi connectivity index (χ2v) is 6.95. The van der Waals surface area contributed by atoms with E-state index in [1.165, 1.54) is 0 Å². The Kier molecular flexibility index (Phi) is 5.95. The Morgan fingerprint density at radius 1 is 0.929 bits per heavy atom. The molecule has 0 saturated carbocycles. The minimum absolute atomic E-state index is 0.127. The van der Waals surface area contributed by atoms with Crippen molar-refractivity contribution < 1.29 is 13.6 Å². The first-order valence-corrected chi connectivity index (χ1v) is 9.15. The third-order valence-corrected chi connectivity index (χ3v) is 4.52. The van der Waals surface area contributed by atoms with Gasteiger partial charge in [-0.25, -0.2) is 8.78 Å². The van der Waals surface area contributed by atoms with Crippen LogP contribution in [-0.4, -0.2) is 11.9 Å². The fourth-order valence-electron chi connectivity index (χ4n) is 2.93. The number of rotatable bonds is 5. The van der Waals surface area contributed by atoms with Crippen LogP contribution >= 0.6 is 11.6 Å². The van der Waals surface area contributed by atoms with Crippen LogP contribution in [0.2, 0.25) is 5.02 Å². The summed E-state index contributed by atoms with van der Waals surface area (Å²) < 4.78 is 26.6. The Labute approximate surface area is 167 Å². The number of nitrogens with zero attached hydrogens (tertiary/aromatic N) is 1. The van der Waals surface area contributed by atoms with E-state index in [1.807, 2.05) is 42.5 Å². The third kappa shape index (κ3) is 4.31. The Morgan fingerprint density at radius 2 is 1.50 bits per heavy atom. The number of hydrogen-bond donors (Lipinski definition) is 1. The van der Waals surface area contributed by atoms with Gasteiger partial charge in [-0.3, -0.25) is 4.79 Å². The molecule has 3 nitrogen and oxygen atoms in total. The largest absolute Gasteiger partial charge is 0.339 e. The molecule has 0 heterocycles. The lowest BCUT2D eigenvalue weighted by atomic mass is 10.1. The molecule has 0 spiro atoms. The average Bonchev–Trinajstić information content (AvgIpc) is 2.67. The number of nitrogens with one attached hydrogen (secondary N) is 1. The molecule has 0 aromatic heterocycles. The highest BCUT2D eigenvalue weighted by molar-refractivity contribution is 6.34. The number of carbonyl (C=O) groups excluding carboxylic acids is 1. The Hall–Kier alpha value is -2.92. The molecule has 0 aliphatic carbocycles. The second-order valence-electron chi connectivity index (χ2n) is 6.55. The molecule has 1 amide bonds. The number of amides is 1. The van der Waals surface area contributed by atoms with Crippen molar-refractivity contribution in [1.29, 1.82) is 0 Å². The van der Waals surface area contributed by atoms with Gasteiger partial charge in [0.1, 0.15) is 0 Å². The molecule has 3 aromatic carbocycles. The van der Waals surface area contributed by atoms with E-state index in [2.05, 4.69) is 24.1 Å². The van der Waals surface area contributed by atoms with Crippen LogP contribution in [-0.2, 0) is 0 Å². The van der Waals surface area contributed by atoms with Gasteiger partial charge in [0.05, 0.1) is 10.6 Å². The molecule has 28 heavy (non-hydrogen) atoms. The van der Waals surface area contributed by atoms with Crippen molar-refractivity contribution in [2.75, 3.05) is 10.2 Å². The van der Waals surface area contributed by atoms with E-state index in [0.717, 1.165) is 23.5 Å². The number of carbonyl (C=O) groups is 1. The van der Waals surface area contributed by atoms with Gasteiger partial charge >= 0.3 is 0 Å². The smallest absolute Gasteiger partial charge is 0.257 e. The van der Waals surface area contributed by atoms with Crippen LogP contribution in [0.5, 0.6) is 0 Å². The Morgan fingerprint density at radius 3 is 2.11 bits per heavy atom. The van der Waals surface area contributed by atoms with E-state index in [9.17, 15) is 13.6 Å². The lowest BCUT2D eigenvalue weighted by Crippen LogP contribution is -2.25. The molecule has 0 bridgehead atoms. The van der Waals surface area contributed by atoms with E-state index in [4.69, 9.17) is 11.6 Å². The van der Waals surface area contributed by atoms with Gasteiger partial charge in [0, 0.05) is 23.1 Å². The lowest BCUT2D eigenvalue weighted by Gasteiger charge is -2.29. The normalized spacial score (nSPS) is 10.8. The first-order valence-electron chi connectivity index (χ1n) is 8.77. The molecule has 0 unspecified atom stereocenters. The summed E-state index contributed by atoms with van der Waals surface area (Å²) in [4.78, 5) is 14.5. The first kappa shape index (κ1) is 19.8. The summed E-state index contributed by atoms with van der Waals surface area (Å²) in [6.45, 7) is 4.18. The van der Waals surface area contributed by atoms with Crippen molar-refractivity contribution in [2.45, 2.75) is 19.9 Å². The van der Waals surface area contributed by atoms with E-state index < -0.39 is 17.5 Å². The van der Waals surface area contributed by atoms with Gasteiger partial charge in [-0.05, 0) is 62.4 Å². The number of para-hydroxylation sites is 1. The summed E-state index contributed by atoms with van der Waals surface area (Å²) in [7, 11) is 0. The van der Waals surface area contributed by atoms with Gasteiger partial charge in [-0.15, -0.1) is 0 Å². The number of benzene rings is 3. The summed E-state index contributed by atoms with van der Waals surface area (Å²) in [6, 6.07) is 19.0. The molecule has 0 saturated heterocycles. The number of anilines is 3. The molecule has 144 valence electrons. The molecule has 6 heteroatoms. The van der Waals surface area contributed by atoms with Gasteiger partial charge in [0.15, 0.2) is 11.6 Å². The highest BCUT2D eigenvalue weighted by atomic mass is 35.5. The zero-order valence-electron chi connectivity index (χ0n) is 15.4. The predicted molar refractivity (Wildman–Crippen MR) is 109 cm³/mol. The van der Waals surface area contributed by atoms with Crippen LogP contribution in [0.3, 0.4) is 0 Å². The first-order chi connectivity index (χ1) is 13.4. The fourth-order valence-corrected chi connectivity index (χ4v) is 3.17. The van der Waals surface area contributed by atoms with Crippen LogP contribution in [0.1, 0.15) is 24.2 Å². The molecule has 3 rings (SSSR count). The van der Waals surface area contributed by atoms with Crippen molar-refractivity contribution >= 4 is 34.6 Å². The van der Waals surface area contributed by atoms with Gasteiger partial charge in [-0.2, -0.15) is 0 Å². The maximum Gasteiger partial charge on any atom is 0.257 e. The highest BCUT2D eigenvalue weighted by Crippen LogP contribution is 2.29. The number of halogens is 3. The zero-order valence-corrected chi connectivity index (χ0v) is 16.2. The molecule has 0 radical (unpaired) electrons. The minimum Gasteiger partial charge on any atom is -0.339 e. The van der Waals surface area contributed by atoms with Crippen molar-refractivity contribution in [3.8, 4) is 0 Å². The Balaban J connectivity index is 1.81. The van der Waals surface area contributed by atoms with Crippen molar-refractivity contribution in [3.63, 3.8) is 0 Å². The lowest BCUT2D eigenvalue weighted by molar-refractivity contribution is 0.102. The van der Waals surface area contributed by atoms with E-state index in [1.54, 1.807) is 12.1 Å². The molecule has 0 aliphatic heterocycles. The van der Waals surface area contributed by atoms with Gasteiger partial charge in [-0.1, -0.05) is 29.8 Å². The summed E-state index contributed by atoms with van der Waals surface area (Å²) in [5, 5.41) is 2.50. The van der Waals surface area contributed by atoms with Crippen molar-refractivity contribution in [2.24, 2.45) is 0 Å². The Bertz CT molecular complexity index is 976. The molecule has 0 atom stereocenters. The molecule has 0 fully saturated rings. The second kappa shape index (κ2) is 8.40. The summed E-state index contributed by atoms with van der Waals surface area (Å²) in [6.07, 6.45) is 0. The van der Waals surface area contributed by atoms with Crippen LogP contribution < -0.4 is 10.2 Å². The van der Waals surface area contributed by atoms with Crippen LogP contribution in [0.15, 0.2) is 66.7 Å². The van der Waals surface area contributed by atoms with E-state index >= 15 is 0 Å². The van der Waals surface area contributed by atoms with E-state index in [0.29, 0.717) is 5.69 Å². The van der Waals surface area contributed by atoms with Gasteiger partial charge in [0.2, 0.25) is 0 Å². The highest BCUT2D eigenvalue weighted by Gasteiger charge is 2.16. The van der Waals surface area contributed by atoms with E-state index in [-0.39, 0.29) is 16.6 Å². The van der Waals surface area contributed by atoms with Gasteiger partial charge < -0.3 is 10.2 Å². The van der Waals surface area contributed by atoms with Crippen LogP contribution in [0.4, 0.5) is 25.8 Å². The predicted octanol–water partition coefficient (Wildman–Crippen LogP) is 6.42. The fraction of sp³-hybridized carbons (Fsp3) is 0.136. The minimum atomic E-state index is -1.12. The topological polar surface area (TPSA) is 32.3 Å². The summed E-state index contributed by atoms with van der Waals surface area (Å²) in [5.41, 5.74) is 2.41. The van der Waals surface area contributed by atoms with Crippen LogP contribution in [0.25, 0.3) is 0 Å². The average molecular weight is 401 g/mol. The molecule has 1 N–H and O–H groups in total. The SMILES string of the molecule is CC(C)N(c1ccccc1)c1ccc(NC(=O)c2cc(F)c(F)cc2Cl)cc1. The summed E-state index contributed by atoms with van der Waals surface area (Å²) >= 11 is 5.86. The summed E-state index contributed by atoms with van der Waals surface area (Å²) in [5.74, 6) is -2.83. The molecular formula is C22H19ClF2N2O. The van der Waals surface area contributed by atoms with Crippen molar-refractivity contribution in [3.05, 3.63) is 89.0 Å². The monoisotopic (exact) mass is 400 g/mol.